The normalized spacial score (nSPS) is 15.8. The number of aryl methyl sites for hydroxylation is 3. The van der Waals surface area contributed by atoms with Crippen LogP contribution in [0.25, 0.3) is 0 Å². The third-order valence-electron chi connectivity index (χ3n) is 5.26. The second kappa shape index (κ2) is 9.61. The lowest BCUT2D eigenvalue weighted by Crippen LogP contribution is -2.37. The van der Waals surface area contributed by atoms with Crippen molar-refractivity contribution in [2.24, 2.45) is 0 Å². The Hall–Kier alpha value is -2.39. The Bertz CT molecular complexity index is 967. The van der Waals surface area contributed by atoms with E-state index in [0.717, 1.165) is 11.3 Å². The standard InChI is InChI=1S/C21H29N3O5S/c1-16-8-4-5-9-19(16)28-15-6-10-20(25)23-11-7-12-24(14-13-23)30(26,27)21-17(2)22-29-18(21)3/h4-5,8-9H,6-7,10-15H2,1-3H3. The third-order valence-corrected chi connectivity index (χ3v) is 7.40. The predicted molar refractivity (Wildman–Crippen MR) is 112 cm³/mol. The van der Waals surface area contributed by atoms with Crippen molar-refractivity contribution < 1.29 is 22.5 Å². The molecule has 1 amide bonds. The largest absolute Gasteiger partial charge is 0.493 e. The average molecular weight is 436 g/mol. The Balaban J connectivity index is 1.51. The van der Waals surface area contributed by atoms with Gasteiger partial charge in [0.15, 0.2) is 5.76 Å². The van der Waals surface area contributed by atoms with Gasteiger partial charge in [-0.2, -0.15) is 4.31 Å². The lowest BCUT2D eigenvalue weighted by Gasteiger charge is -2.22. The van der Waals surface area contributed by atoms with Crippen LogP contribution in [-0.4, -0.2) is 61.5 Å². The Morgan fingerprint density at radius 2 is 1.90 bits per heavy atom. The summed E-state index contributed by atoms with van der Waals surface area (Å²) in [5.41, 5.74) is 1.43. The van der Waals surface area contributed by atoms with Gasteiger partial charge in [0.2, 0.25) is 15.9 Å². The highest BCUT2D eigenvalue weighted by Gasteiger charge is 2.32. The maximum atomic E-state index is 13.0. The molecule has 164 valence electrons. The molecule has 1 fully saturated rings. The number of carbonyl (C=O) groups excluding carboxylic acids is 1. The number of para-hydroxylation sites is 1. The molecule has 1 saturated heterocycles. The van der Waals surface area contributed by atoms with Crippen molar-refractivity contribution in [1.82, 2.24) is 14.4 Å². The van der Waals surface area contributed by atoms with Crippen molar-refractivity contribution in [2.75, 3.05) is 32.8 Å². The first-order valence-electron chi connectivity index (χ1n) is 10.2. The van der Waals surface area contributed by atoms with Gasteiger partial charge in [0.25, 0.3) is 0 Å². The van der Waals surface area contributed by atoms with Crippen LogP contribution in [0.3, 0.4) is 0 Å². The van der Waals surface area contributed by atoms with Gasteiger partial charge in [0.05, 0.1) is 6.61 Å². The van der Waals surface area contributed by atoms with E-state index in [1.165, 1.54) is 4.31 Å². The second-order valence-corrected chi connectivity index (χ2v) is 9.38. The first-order chi connectivity index (χ1) is 14.3. The zero-order valence-corrected chi connectivity index (χ0v) is 18.6. The number of rotatable bonds is 7. The molecular formula is C21H29N3O5S. The number of nitrogens with zero attached hydrogens (tertiary/aromatic N) is 3. The molecule has 1 aromatic carbocycles. The highest BCUT2D eigenvalue weighted by atomic mass is 32.2. The molecule has 1 aromatic heterocycles. The number of ether oxygens (including phenoxy) is 1. The summed E-state index contributed by atoms with van der Waals surface area (Å²) in [5, 5.41) is 3.76. The summed E-state index contributed by atoms with van der Waals surface area (Å²) < 4.78 is 38.2. The second-order valence-electron chi connectivity index (χ2n) is 7.51. The summed E-state index contributed by atoms with van der Waals surface area (Å²) in [6, 6.07) is 7.79. The van der Waals surface area contributed by atoms with Crippen LogP contribution in [0.5, 0.6) is 5.75 Å². The van der Waals surface area contributed by atoms with E-state index in [4.69, 9.17) is 9.26 Å². The van der Waals surface area contributed by atoms with Crippen molar-refractivity contribution in [1.29, 1.82) is 0 Å². The Kier molecular flexibility index (Phi) is 7.14. The quantitative estimate of drug-likeness (QED) is 0.621. The summed E-state index contributed by atoms with van der Waals surface area (Å²) in [5.74, 6) is 1.15. The van der Waals surface area contributed by atoms with Crippen LogP contribution in [-0.2, 0) is 14.8 Å². The van der Waals surface area contributed by atoms with Gasteiger partial charge in [-0.25, -0.2) is 8.42 Å². The van der Waals surface area contributed by atoms with Gasteiger partial charge < -0.3 is 14.2 Å². The van der Waals surface area contributed by atoms with Gasteiger partial charge in [0, 0.05) is 32.6 Å². The zero-order valence-electron chi connectivity index (χ0n) is 17.8. The van der Waals surface area contributed by atoms with E-state index < -0.39 is 10.0 Å². The van der Waals surface area contributed by atoms with E-state index in [1.54, 1.807) is 18.7 Å². The molecule has 3 rings (SSSR count). The van der Waals surface area contributed by atoms with Crippen LogP contribution < -0.4 is 4.74 Å². The molecule has 1 aliphatic heterocycles. The summed E-state index contributed by atoms with van der Waals surface area (Å²) in [7, 11) is -3.69. The van der Waals surface area contributed by atoms with E-state index in [0.29, 0.717) is 57.0 Å². The van der Waals surface area contributed by atoms with E-state index in [2.05, 4.69) is 5.16 Å². The molecule has 0 N–H and O–H groups in total. The van der Waals surface area contributed by atoms with Crippen molar-refractivity contribution in [3.63, 3.8) is 0 Å². The molecule has 0 aliphatic carbocycles. The zero-order chi connectivity index (χ0) is 21.7. The van der Waals surface area contributed by atoms with E-state index in [9.17, 15) is 13.2 Å². The highest BCUT2D eigenvalue weighted by Crippen LogP contribution is 2.24. The van der Waals surface area contributed by atoms with Crippen LogP contribution in [0.2, 0.25) is 0 Å². The maximum Gasteiger partial charge on any atom is 0.248 e. The molecule has 2 aromatic rings. The highest BCUT2D eigenvalue weighted by molar-refractivity contribution is 7.89. The van der Waals surface area contributed by atoms with Crippen molar-refractivity contribution >= 4 is 15.9 Å². The molecule has 0 bridgehead atoms. The minimum Gasteiger partial charge on any atom is -0.493 e. The number of hydrogen-bond donors (Lipinski definition) is 0. The number of amides is 1. The number of carbonyl (C=O) groups is 1. The van der Waals surface area contributed by atoms with E-state index in [1.807, 2.05) is 31.2 Å². The van der Waals surface area contributed by atoms with E-state index in [-0.39, 0.29) is 17.3 Å². The molecule has 1 aliphatic rings. The number of sulfonamides is 1. The Labute approximate surface area is 177 Å². The fourth-order valence-electron chi connectivity index (χ4n) is 3.64. The number of benzene rings is 1. The van der Waals surface area contributed by atoms with Crippen molar-refractivity contribution in [2.45, 2.75) is 44.9 Å². The summed E-state index contributed by atoms with van der Waals surface area (Å²) in [6.45, 7) is 7.22. The Morgan fingerprint density at radius 3 is 2.60 bits per heavy atom. The fourth-order valence-corrected chi connectivity index (χ4v) is 5.40. The van der Waals surface area contributed by atoms with Crippen molar-refractivity contribution in [3.05, 3.63) is 41.3 Å². The average Bonchev–Trinajstić information content (AvgIpc) is 2.91. The first kappa shape index (κ1) is 22.3. The third kappa shape index (κ3) is 5.02. The van der Waals surface area contributed by atoms with E-state index >= 15 is 0 Å². The molecule has 9 heteroatoms. The topological polar surface area (TPSA) is 93.0 Å². The molecule has 2 heterocycles. The van der Waals surface area contributed by atoms with Crippen LogP contribution in [0.4, 0.5) is 0 Å². The monoisotopic (exact) mass is 435 g/mol. The molecular weight excluding hydrogens is 406 g/mol. The van der Waals surface area contributed by atoms with Gasteiger partial charge in [0.1, 0.15) is 16.3 Å². The smallest absolute Gasteiger partial charge is 0.248 e. The maximum absolute atomic E-state index is 13.0. The summed E-state index contributed by atoms with van der Waals surface area (Å²) in [6.07, 6.45) is 1.58. The van der Waals surface area contributed by atoms with Crippen LogP contribution >= 0.6 is 0 Å². The van der Waals surface area contributed by atoms with Crippen LogP contribution in [0.15, 0.2) is 33.7 Å². The van der Waals surface area contributed by atoms with Gasteiger partial charge in [-0.1, -0.05) is 23.4 Å². The van der Waals surface area contributed by atoms with Crippen LogP contribution in [0.1, 0.15) is 36.3 Å². The summed E-state index contributed by atoms with van der Waals surface area (Å²) in [4.78, 5) is 14.5. The molecule has 0 unspecified atom stereocenters. The van der Waals surface area contributed by atoms with Crippen molar-refractivity contribution in [3.8, 4) is 5.75 Å². The number of aromatic nitrogens is 1. The lowest BCUT2D eigenvalue weighted by molar-refractivity contribution is -0.131. The minimum absolute atomic E-state index is 0.0278. The van der Waals surface area contributed by atoms with Gasteiger partial charge in [-0.15, -0.1) is 0 Å². The van der Waals surface area contributed by atoms with Gasteiger partial charge >= 0.3 is 0 Å². The molecule has 0 radical (unpaired) electrons. The fraction of sp³-hybridized carbons (Fsp3) is 0.524. The predicted octanol–water partition coefficient (Wildman–Crippen LogP) is 2.68. The van der Waals surface area contributed by atoms with Gasteiger partial charge in [-0.05, 0) is 45.2 Å². The molecule has 30 heavy (non-hydrogen) atoms. The Morgan fingerprint density at radius 1 is 1.13 bits per heavy atom. The molecule has 0 saturated carbocycles. The summed E-state index contributed by atoms with van der Waals surface area (Å²) >= 11 is 0. The molecule has 8 nitrogen and oxygen atoms in total. The minimum atomic E-state index is -3.69. The van der Waals surface area contributed by atoms with Gasteiger partial charge in [-0.3, -0.25) is 4.79 Å². The number of hydrogen-bond acceptors (Lipinski definition) is 6. The molecule has 0 atom stereocenters. The van der Waals surface area contributed by atoms with Crippen LogP contribution in [0, 0.1) is 20.8 Å². The first-order valence-corrected chi connectivity index (χ1v) is 11.6. The SMILES string of the molecule is Cc1ccccc1OCCCC(=O)N1CCCN(S(=O)(=O)c2c(C)noc2C)CC1. The molecule has 0 spiro atoms. The lowest BCUT2D eigenvalue weighted by atomic mass is 10.2.